The first-order valence-electron chi connectivity index (χ1n) is 14.1. The van der Waals surface area contributed by atoms with Crippen molar-refractivity contribution in [1.29, 1.82) is 0 Å². The molecule has 208 valence electrons. The lowest BCUT2D eigenvalue weighted by atomic mass is 10.0. The number of anilines is 1. The van der Waals surface area contributed by atoms with Crippen LogP contribution in [0.5, 0.6) is 5.75 Å². The molecule has 0 aliphatic carbocycles. The zero-order valence-corrected chi connectivity index (χ0v) is 23.9. The monoisotopic (exact) mass is 529 g/mol. The first-order chi connectivity index (χ1) is 18.9. The van der Waals surface area contributed by atoms with Gasteiger partial charge in [0.2, 0.25) is 0 Å². The highest BCUT2D eigenvalue weighted by Gasteiger charge is 2.33. The number of carbonyl (C=O) groups excluding carboxylic acids is 1. The van der Waals surface area contributed by atoms with E-state index in [9.17, 15) is 4.79 Å². The number of carbonyl (C=O) groups is 1. The predicted molar refractivity (Wildman–Crippen MR) is 162 cm³/mol. The fourth-order valence-electron chi connectivity index (χ4n) is 4.46. The molecule has 39 heavy (non-hydrogen) atoms. The normalized spacial score (nSPS) is 12.0. The Kier molecular flexibility index (Phi) is 12.1. The Morgan fingerprint density at radius 1 is 0.872 bits per heavy atom. The highest BCUT2D eigenvalue weighted by molar-refractivity contribution is 5.75. The molecule has 0 aliphatic heterocycles. The lowest BCUT2D eigenvalue weighted by Crippen LogP contribution is -2.51. The molecule has 1 atom stereocenters. The molecule has 0 aromatic heterocycles. The number of unbranched alkanes of at least 4 members (excludes halogenated alkanes) is 4. The lowest BCUT2D eigenvalue weighted by molar-refractivity contribution is -0.887. The van der Waals surface area contributed by atoms with Gasteiger partial charge in [0.15, 0.2) is 6.04 Å². The van der Waals surface area contributed by atoms with Gasteiger partial charge in [0.25, 0.3) is 0 Å². The smallest absolute Gasteiger partial charge is 0.365 e. The Hall–Kier alpha value is -3.57. The Bertz CT molecular complexity index is 1140. The van der Waals surface area contributed by atoms with Crippen molar-refractivity contribution in [1.82, 2.24) is 0 Å². The number of esters is 1. The van der Waals surface area contributed by atoms with Gasteiger partial charge in [-0.25, -0.2) is 4.79 Å². The van der Waals surface area contributed by atoms with Gasteiger partial charge in [-0.05, 0) is 42.2 Å². The van der Waals surface area contributed by atoms with Gasteiger partial charge >= 0.3 is 5.97 Å². The van der Waals surface area contributed by atoms with Crippen LogP contribution < -0.4 is 10.1 Å². The second kappa shape index (κ2) is 15.7. The summed E-state index contributed by atoms with van der Waals surface area (Å²) in [5.74, 6) is 0.734. The Balaban J connectivity index is 1.29. The van der Waals surface area contributed by atoms with Crippen LogP contribution in [0.1, 0.15) is 48.8 Å². The quantitative estimate of drug-likeness (QED) is 0.115. The molecule has 3 rings (SSSR count). The van der Waals surface area contributed by atoms with Gasteiger partial charge in [0, 0.05) is 24.2 Å². The van der Waals surface area contributed by atoms with Gasteiger partial charge in [0.05, 0.1) is 27.7 Å². The topological polar surface area (TPSA) is 47.6 Å². The predicted octanol–water partition coefficient (Wildman–Crippen LogP) is 7.13. The maximum atomic E-state index is 12.8. The van der Waals surface area contributed by atoms with Crippen molar-refractivity contribution in [3.8, 4) is 5.75 Å². The third kappa shape index (κ3) is 10.6. The summed E-state index contributed by atoms with van der Waals surface area (Å²) in [6.07, 6.45) is 7.87. The van der Waals surface area contributed by atoms with Crippen LogP contribution in [0.15, 0.2) is 85.4 Å². The number of quaternary nitrogens is 1. The van der Waals surface area contributed by atoms with Crippen molar-refractivity contribution >= 4 is 17.7 Å². The number of nitrogens with one attached hydrogen (secondary N) is 1. The van der Waals surface area contributed by atoms with Gasteiger partial charge in [-0.3, -0.25) is 0 Å². The van der Waals surface area contributed by atoms with Crippen molar-refractivity contribution in [2.75, 3.05) is 39.6 Å². The molecule has 0 spiro atoms. The molecule has 1 N–H and O–H groups in total. The van der Waals surface area contributed by atoms with Crippen molar-refractivity contribution in [2.45, 2.75) is 51.2 Å². The number of hydrogen-bond donors (Lipinski definition) is 1. The van der Waals surface area contributed by atoms with Crippen molar-refractivity contribution in [2.24, 2.45) is 0 Å². The van der Waals surface area contributed by atoms with E-state index in [0.29, 0.717) is 24.1 Å². The molecule has 0 heterocycles. The number of nitrogens with zero attached hydrogens (tertiary/aromatic N) is 1. The van der Waals surface area contributed by atoms with Gasteiger partial charge in [-0.15, -0.1) is 0 Å². The SMILES string of the molecule is C=Cc1cc(OCc2ccccc2)ccc1NCCCCCCCOC(=O)C(Cc1ccccc1)[N+](C)(C)C. The van der Waals surface area contributed by atoms with E-state index in [1.165, 1.54) is 0 Å². The van der Waals surface area contributed by atoms with E-state index in [-0.39, 0.29) is 12.0 Å². The number of benzene rings is 3. The van der Waals surface area contributed by atoms with E-state index in [1.54, 1.807) is 0 Å². The molecule has 3 aromatic carbocycles. The van der Waals surface area contributed by atoms with E-state index < -0.39 is 0 Å². The molecule has 3 aromatic rings. The second-order valence-corrected chi connectivity index (χ2v) is 10.9. The second-order valence-electron chi connectivity index (χ2n) is 10.9. The molecule has 0 saturated heterocycles. The van der Waals surface area contributed by atoms with Crippen LogP contribution >= 0.6 is 0 Å². The number of rotatable bonds is 17. The summed E-state index contributed by atoms with van der Waals surface area (Å²) in [5, 5.41) is 3.53. The van der Waals surface area contributed by atoms with Crippen LogP contribution in [0.2, 0.25) is 0 Å². The molecule has 0 fully saturated rings. The standard InChI is InChI=1S/C34H45N2O3/c1-5-30-26-31(39-27-29-19-13-10-14-20-29)21-22-32(30)35-23-15-7-6-8-16-24-38-34(37)33(36(2,3)4)25-28-17-11-9-12-18-28/h5,9-14,17-22,26,33,35H,1,6-8,15-16,23-25,27H2,2-4H3/q+1. The molecular weight excluding hydrogens is 484 g/mol. The maximum absolute atomic E-state index is 12.8. The van der Waals surface area contributed by atoms with E-state index in [2.05, 4.69) is 63.4 Å². The summed E-state index contributed by atoms with van der Waals surface area (Å²) in [6, 6.07) is 26.2. The van der Waals surface area contributed by atoms with Crippen LogP contribution in [0.3, 0.4) is 0 Å². The van der Waals surface area contributed by atoms with E-state index in [1.807, 2.05) is 54.6 Å². The summed E-state index contributed by atoms with van der Waals surface area (Å²) in [5.41, 5.74) is 4.43. The molecule has 0 radical (unpaired) electrons. The van der Waals surface area contributed by atoms with Crippen molar-refractivity contribution < 1.29 is 18.8 Å². The maximum Gasteiger partial charge on any atom is 0.365 e. The summed E-state index contributed by atoms with van der Waals surface area (Å²) in [6.45, 7) is 5.91. The number of hydrogen-bond acceptors (Lipinski definition) is 4. The minimum Gasteiger partial charge on any atom is -0.489 e. The molecule has 5 nitrogen and oxygen atoms in total. The number of ether oxygens (including phenoxy) is 2. The summed E-state index contributed by atoms with van der Waals surface area (Å²) < 4.78 is 12.2. The Labute approximate surface area is 235 Å². The van der Waals surface area contributed by atoms with Gasteiger partial charge in [0.1, 0.15) is 12.4 Å². The van der Waals surface area contributed by atoms with Crippen molar-refractivity contribution in [3.05, 3.63) is 102 Å². The molecule has 0 aliphatic rings. The van der Waals surface area contributed by atoms with Gasteiger partial charge in [-0.2, -0.15) is 0 Å². The van der Waals surface area contributed by atoms with E-state index in [0.717, 1.165) is 66.8 Å². The summed E-state index contributed by atoms with van der Waals surface area (Å²) in [7, 11) is 6.15. The largest absolute Gasteiger partial charge is 0.489 e. The molecule has 0 saturated carbocycles. The minimum absolute atomic E-state index is 0.106. The van der Waals surface area contributed by atoms with Crippen molar-refractivity contribution in [3.63, 3.8) is 0 Å². The third-order valence-electron chi connectivity index (χ3n) is 6.85. The minimum atomic E-state index is -0.205. The van der Waals surface area contributed by atoms with Gasteiger partial charge in [-0.1, -0.05) is 92.6 Å². The van der Waals surface area contributed by atoms with E-state index in [4.69, 9.17) is 9.47 Å². The third-order valence-corrected chi connectivity index (χ3v) is 6.85. The highest BCUT2D eigenvalue weighted by Crippen LogP contribution is 2.24. The van der Waals surface area contributed by atoms with Crippen LogP contribution in [0, 0.1) is 0 Å². The zero-order valence-electron chi connectivity index (χ0n) is 23.9. The van der Waals surface area contributed by atoms with Crippen LogP contribution in [-0.2, 0) is 22.6 Å². The van der Waals surface area contributed by atoms with Gasteiger partial charge < -0.3 is 19.3 Å². The molecule has 0 amide bonds. The zero-order chi connectivity index (χ0) is 27.9. The average Bonchev–Trinajstić information content (AvgIpc) is 2.94. The van der Waals surface area contributed by atoms with Crippen LogP contribution in [0.25, 0.3) is 6.08 Å². The lowest BCUT2D eigenvalue weighted by Gasteiger charge is -2.32. The van der Waals surface area contributed by atoms with Crippen LogP contribution in [0.4, 0.5) is 5.69 Å². The highest BCUT2D eigenvalue weighted by atomic mass is 16.5. The Morgan fingerprint density at radius 2 is 1.51 bits per heavy atom. The summed E-state index contributed by atoms with van der Waals surface area (Å²) in [4.78, 5) is 12.8. The first kappa shape index (κ1) is 30.0. The first-order valence-corrected chi connectivity index (χ1v) is 14.1. The van der Waals surface area contributed by atoms with Crippen LogP contribution in [-0.4, -0.2) is 50.8 Å². The molecular formula is C34H45N2O3+. The molecule has 0 bridgehead atoms. The fourth-order valence-corrected chi connectivity index (χ4v) is 4.46. The number of likely N-dealkylation sites (N-methyl/N-ethyl adjacent to an activating group) is 1. The molecule has 1 unspecified atom stereocenters. The average molecular weight is 530 g/mol. The fraction of sp³-hybridized carbons (Fsp3) is 0.382. The van der Waals surface area contributed by atoms with E-state index >= 15 is 0 Å². The molecule has 5 heteroatoms. The Morgan fingerprint density at radius 3 is 2.18 bits per heavy atom. The summed E-state index contributed by atoms with van der Waals surface area (Å²) >= 11 is 0.